The third-order valence-electron chi connectivity index (χ3n) is 4.05. The number of benzene rings is 1. The van der Waals surface area contributed by atoms with E-state index >= 15 is 0 Å². The van der Waals surface area contributed by atoms with Crippen molar-refractivity contribution in [1.29, 1.82) is 0 Å². The fraction of sp³-hybridized carbons (Fsp3) is 0.250. The van der Waals surface area contributed by atoms with E-state index in [2.05, 4.69) is 15.5 Å². The molecule has 10 heteroatoms. The molecule has 9 nitrogen and oxygen atoms in total. The monoisotopic (exact) mass is 428 g/mol. The highest BCUT2D eigenvalue weighted by molar-refractivity contribution is 7.99. The highest BCUT2D eigenvalue weighted by Gasteiger charge is 2.28. The number of esters is 1. The number of Topliss-reactive ketones (excluding diaryl/α,β-unsaturated/α-hetero) is 1. The van der Waals surface area contributed by atoms with Gasteiger partial charge in [0.25, 0.3) is 0 Å². The Hall–Kier alpha value is -3.40. The summed E-state index contributed by atoms with van der Waals surface area (Å²) in [6.45, 7) is 4.64. The second kappa shape index (κ2) is 9.40. The highest BCUT2D eigenvalue weighted by Crippen LogP contribution is 2.29. The van der Waals surface area contributed by atoms with Crippen LogP contribution in [0.2, 0.25) is 0 Å². The Morgan fingerprint density at radius 3 is 2.60 bits per heavy atom. The normalized spacial score (nSPS) is 10.6. The number of nitrogens with one attached hydrogen (secondary N) is 1. The molecule has 2 aromatic heterocycles. The van der Waals surface area contributed by atoms with Gasteiger partial charge < -0.3 is 9.15 Å². The van der Waals surface area contributed by atoms with Crippen LogP contribution in [0.25, 0.3) is 5.69 Å². The van der Waals surface area contributed by atoms with E-state index in [1.54, 1.807) is 24.7 Å². The van der Waals surface area contributed by atoms with Gasteiger partial charge in [-0.05, 0) is 32.9 Å². The summed E-state index contributed by atoms with van der Waals surface area (Å²) in [4.78, 5) is 36.8. The molecule has 3 aromatic rings. The summed E-state index contributed by atoms with van der Waals surface area (Å²) in [7, 11) is 0. The van der Waals surface area contributed by atoms with Gasteiger partial charge in [0.2, 0.25) is 11.8 Å². The number of ketones is 1. The molecule has 156 valence electrons. The zero-order valence-electron chi connectivity index (χ0n) is 16.7. The predicted molar refractivity (Wildman–Crippen MR) is 110 cm³/mol. The topological polar surface area (TPSA) is 116 Å². The fourth-order valence-electron chi connectivity index (χ4n) is 2.84. The number of ether oxygens (including phenoxy) is 1. The van der Waals surface area contributed by atoms with E-state index in [0.29, 0.717) is 5.16 Å². The van der Waals surface area contributed by atoms with Crippen molar-refractivity contribution in [2.24, 2.45) is 0 Å². The standard InChI is InChI=1S/C20H20N4O5S/c1-4-28-19(27)17-16(12(2)25)13(3)29-18(17)22-15(26)10-30-20-23-21-11-24(20)14-8-6-5-7-9-14/h5-9,11H,4,10H2,1-3H3,(H,22,26). The summed E-state index contributed by atoms with van der Waals surface area (Å²) in [5, 5.41) is 11.0. The zero-order valence-corrected chi connectivity index (χ0v) is 17.5. The lowest BCUT2D eigenvalue weighted by Crippen LogP contribution is -2.18. The molecular formula is C20H20N4O5S. The van der Waals surface area contributed by atoms with Crippen molar-refractivity contribution in [2.45, 2.75) is 25.9 Å². The number of nitrogens with zero attached hydrogens (tertiary/aromatic N) is 3. The molecule has 30 heavy (non-hydrogen) atoms. The van der Waals surface area contributed by atoms with Gasteiger partial charge in [-0.3, -0.25) is 19.5 Å². The summed E-state index contributed by atoms with van der Waals surface area (Å²) < 4.78 is 12.2. The number of para-hydroxylation sites is 1. The first-order valence-electron chi connectivity index (χ1n) is 9.11. The maximum Gasteiger partial charge on any atom is 0.344 e. The van der Waals surface area contributed by atoms with Crippen LogP contribution in [0.1, 0.15) is 40.3 Å². The average molecular weight is 428 g/mol. The van der Waals surface area contributed by atoms with Crippen molar-refractivity contribution in [3.63, 3.8) is 0 Å². The van der Waals surface area contributed by atoms with Gasteiger partial charge in [-0.1, -0.05) is 30.0 Å². The first kappa shape index (κ1) is 21.3. The summed E-state index contributed by atoms with van der Waals surface area (Å²) in [6.07, 6.45) is 1.56. The average Bonchev–Trinajstić information content (AvgIpc) is 3.31. The van der Waals surface area contributed by atoms with E-state index in [-0.39, 0.29) is 40.9 Å². The third kappa shape index (κ3) is 4.60. The number of hydrogen-bond donors (Lipinski definition) is 1. The number of aromatic nitrogens is 3. The Kier molecular flexibility index (Phi) is 6.68. The van der Waals surface area contributed by atoms with E-state index in [1.807, 2.05) is 30.3 Å². The first-order valence-corrected chi connectivity index (χ1v) is 10.1. The van der Waals surface area contributed by atoms with Crippen LogP contribution < -0.4 is 5.32 Å². The number of rotatable bonds is 8. The quantitative estimate of drug-likeness (QED) is 0.330. The summed E-state index contributed by atoms with van der Waals surface area (Å²) in [5.41, 5.74) is 0.885. The number of hydrogen-bond acceptors (Lipinski definition) is 8. The number of anilines is 1. The fourth-order valence-corrected chi connectivity index (χ4v) is 3.56. The molecule has 0 radical (unpaired) electrons. The van der Waals surface area contributed by atoms with Crippen LogP contribution in [0.3, 0.4) is 0 Å². The largest absolute Gasteiger partial charge is 0.462 e. The Morgan fingerprint density at radius 2 is 1.93 bits per heavy atom. The molecule has 0 aliphatic rings. The van der Waals surface area contributed by atoms with E-state index in [4.69, 9.17) is 9.15 Å². The van der Waals surface area contributed by atoms with E-state index in [0.717, 1.165) is 5.69 Å². The molecule has 0 unspecified atom stereocenters. The van der Waals surface area contributed by atoms with Gasteiger partial charge >= 0.3 is 5.97 Å². The number of carbonyl (C=O) groups excluding carboxylic acids is 3. The maximum atomic E-state index is 12.5. The molecule has 3 rings (SSSR count). The van der Waals surface area contributed by atoms with Gasteiger partial charge in [0, 0.05) is 5.69 Å². The number of aryl methyl sites for hydroxylation is 1. The Bertz CT molecular complexity index is 1070. The van der Waals surface area contributed by atoms with Crippen LogP contribution in [0.5, 0.6) is 0 Å². The molecule has 1 N–H and O–H groups in total. The van der Waals surface area contributed by atoms with Gasteiger partial charge in [-0.15, -0.1) is 10.2 Å². The SMILES string of the molecule is CCOC(=O)c1c(NC(=O)CSc2nncn2-c2ccccc2)oc(C)c1C(C)=O. The second-order valence-electron chi connectivity index (χ2n) is 6.17. The van der Waals surface area contributed by atoms with Crippen molar-refractivity contribution >= 4 is 35.3 Å². The Morgan fingerprint density at radius 1 is 1.20 bits per heavy atom. The van der Waals surface area contributed by atoms with Gasteiger partial charge in [-0.2, -0.15) is 0 Å². The van der Waals surface area contributed by atoms with Gasteiger partial charge in [0.1, 0.15) is 17.7 Å². The van der Waals surface area contributed by atoms with Gasteiger partial charge in [0.15, 0.2) is 10.9 Å². The Labute approximate surface area is 176 Å². The molecule has 0 saturated carbocycles. The molecule has 0 bridgehead atoms. The predicted octanol–water partition coefficient (Wildman–Crippen LogP) is 3.28. The molecule has 0 aliphatic heterocycles. The van der Waals surface area contributed by atoms with Crippen LogP contribution in [0, 0.1) is 6.92 Å². The zero-order chi connectivity index (χ0) is 21.7. The molecule has 0 fully saturated rings. The number of furan rings is 1. The summed E-state index contributed by atoms with van der Waals surface area (Å²) >= 11 is 1.17. The number of carbonyl (C=O) groups is 3. The van der Waals surface area contributed by atoms with E-state index in [1.165, 1.54) is 18.7 Å². The van der Waals surface area contributed by atoms with Crippen molar-refractivity contribution in [3.8, 4) is 5.69 Å². The Balaban J connectivity index is 1.75. The van der Waals surface area contributed by atoms with Crippen LogP contribution in [0.15, 0.2) is 46.2 Å². The minimum absolute atomic E-state index is 0.0110. The van der Waals surface area contributed by atoms with Crippen LogP contribution in [-0.2, 0) is 9.53 Å². The minimum atomic E-state index is -0.730. The second-order valence-corrected chi connectivity index (χ2v) is 7.11. The van der Waals surface area contributed by atoms with Crippen molar-refractivity contribution in [2.75, 3.05) is 17.7 Å². The van der Waals surface area contributed by atoms with Crippen LogP contribution in [0.4, 0.5) is 5.88 Å². The smallest absolute Gasteiger partial charge is 0.344 e. The van der Waals surface area contributed by atoms with Gasteiger partial charge in [0.05, 0.1) is 17.9 Å². The lowest BCUT2D eigenvalue weighted by Gasteiger charge is -2.07. The lowest BCUT2D eigenvalue weighted by atomic mass is 10.1. The summed E-state index contributed by atoms with van der Waals surface area (Å²) in [5.74, 6) is -1.40. The molecule has 1 aromatic carbocycles. The van der Waals surface area contributed by atoms with Gasteiger partial charge in [-0.25, -0.2) is 4.79 Å². The molecule has 0 saturated heterocycles. The third-order valence-corrected chi connectivity index (χ3v) is 5.00. The van der Waals surface area contributed by atoms with Crippen molar-refractivity contribution in [1.82, 2.24) is 14.8 Å². The van der Waals surface area contributed by atoms with Crippen molar-refractivity contribution < 1.29 is 23.5 Å². The minimum Gasteiger partial charge on any atom is -0.462 e. The number of thioether (sulfide) groups is 1. The van der Waals surface area contributed by atoms with Crippen molar-refractivity contribution in [3.05, 3.63) is 53.5 Å². The molecule has 1 amide bonds. The summed E-state index contributed by atoms with van der Waals surface area (Å²) in [6, 6.07) is 9.47. The lowest BCUT2D eigenvalue weighted by molar-refractivity contribution is -0.113. The number of amides is 1. The highest BCUT2D eigenvalue weighted by atomic mass is 32.2. The maximum absolute atomic E-state index is 12.5. The molecule has 0 spiro atoms. The molecule has 0 atom stereocenters. The van der Waals surface area contributed by atoms with Crippen LogP contribution in [-0.4, -0.2) is 44.8 Å². The first-order chi connectivity index (χ1) is 14.4. The molecular weight excluding hydrogens is 408 g/mol. The molecule has 2 heterocycles. The van der Waals surface area contributed by atoms with E-state index < -0.39 is 11.9 Å². The van der Waals surface area contributed by atoms with Crippen LogP contribution >= 0.6 is 11.8 Å². The van der Waals surface area contributed by atoms with E-state index in [9.17, 15) is 14.4 Å². The molecule has 0 aliphatic carbocycles.